The number of carbonyl (C=O) groups excluding carboxylic acids is 2. The summed E-state index contributed by atoms with van der Waals surface area (Å²) in [6, 6.07) is 12.8. The van der Waals surface area contributed by atoms with E-state index in [0.29, 0.717) is 17.1 Å². The topological polar surface area (TPSA) is 67.4 Å². The first-order valence-corrected chi connectivity index (χ1v) is 7.99. The van der Waals surface area contributed by atoms with Crippen LogP contribution in [0.3, 0.4) is 0 Å². The quantitative estimate of drug-likeness (QED) is 0.896. The number of fused-ring (bicyclic) bond motifs is 1. The number of nitrogens with one attached hydrogen (secondary N) is 2. The van der Waals surface area contributed by atoms with Gasteiger partial charge in [-0.15, -0.1) is 0 Å². The smallest absolute Gasteiger partial charge is 0.261 e. The van der Waals surface area contributed by atoms with Crippen molar-refractivity contribution in [3.63, 3.8) is 0 Å². The van der Waals surface area contributed by atoms with Gasteiger partial charge in [0, 0.05) is 17.1 Å². The van der Waals surface area contributed by atoms with Crippen molar-refractivity contribution < 1.29 is 14.3 Å². The van der Waals surface area contributed by atoms with Crippen LogP contribution in [-0.4, -0.2) is 24.5 Å². The molecule has 2 N–H and O–H groups in total. The largest absolute Gasteiger partial charge is 0.480 e. The van der Waals surface area contributed by atoms with E-state index in [0.717, 1.165) is 16.9 Å². The molecule has 0 spiro atoms. The summed E-state index contributed by atoms with van der Waals surface area (Å²) in [6.07, 6.45) is -0.0834. The molecule has 0 saturated heterocycles. The minimum atomic E-state index is -0.594. The molecule has 3 rings (SSSR count). The molecule has 0 bridgehead atoms. The van der Waals surface area contributed by atoms with E-state index in [1.165, 1.54) is 0 Å². The van der Waals surface area contributed by atoms with Crippen molar-refractivity contribution in [3.05, 3.63) is 58.6 Å². The molecule has 24 heavy (non-hydrogen) atoms. The van der Waals surface area contributed by atoms with Crippen molar-refractivity contribution >= 4 is 29.1 Å². The lowest BCUT2D eigenvalue weighted by Gasteiger charge is -2.12. The molecule has 1 aliphatic heterocycles. The van der Waals surface area contributed by atoms with E-state index in [4.69, 9.17) is 16.3 Å². The van der Waals surface area contributed by atoms with Gasteiger partial charge in [-0.1, -0.05) is 35.9 Å². The Bertz CT molecular complexity index is 767. The summed E-state index contributed by atoms with van der Waals surface area (Å²) < 4.78 is 5.59. The maximum absolute atomic E-state index is 12.2. The zero-order valence-corrected chi connectivity index (χ0v) is 13.9. The lowest BCUT2D eigenvalue weighted by Crippen LogP contribution is -2.41. The van der Waals surface area contributed by atoms with Crippen molar-refractivity contribution in [1.29, 1.82) is 0 Å². The summed E-state index contributed by atoms with van der Waals surface area (Å²) in [5.41, 5.74) is 2.41. The van der Waals surface area contributed by atoms with Gasteiger partial charge < -0.3 is 15.4 Å². The Hall–Kier alpha value is -2.53. The molecule has 1 unspecified atom stereocenters. The molecule has 124 valence electrons. The second kappa shape index (κ2) is 6.93. The summed E-state index contributed by atoms with van der Waals surface area (Å²) >= 11 is 6.02. The molecule has 0 saturated carbocycles. The third-order valence-electron chi connectivity index (χ3n) is 3.90. The van der Waals surface area contributed by atoms with Gasteiger partial charge in [-0.25, -0.2) is 0 Å². The Morgan fingerprint density at radius 2 is 2.00 bits per heavy atom. The van der Waals surface area contributed by atoms with Gasteiger partial charge in [-0.05, 0) is 36.2 Å². The fourth-order valence-corrected chi connectivity index (χ4v) is 2.72. The van der Waals surface area contributed by atoms with Crippen LogP contribution in [0.15, 0.2) is 42.5 Å². The van der Waals surface area contributed by atoms with Gasteiger partial charge in [-0.2, -0.15) is 0 Å². The standard InChI is InChI=1S/C18H17ClN2O3/c1-11-13(19)6-4-7-14(11)21-17(22)10-20-18(23)16-9-12-5-2-3-8-15(12)24-16/h2-8,16H,9-10H2,1H3,(H,20,23)(H,21,22). The average molecular weight is 345 g/mol. The molecule has 0 fully saturated rings. The Labute approximate surface area is 145 Å². The van der Waals surface area contributed by atoms with Gasteiger partial charge in [0.25, 0.3) is 5.91 Å². The third kappa shape index (κ3) is 3.51. The molecule has 2 aromatic carbocycles. The molecular weight excluding hydrogens is 328 g/mol. The number of para-hydroxylation sites is 1. The first kappa shape index (κ1) is 16.3. The lowest BCUT2D eigenvalue weighted by atomic mass is 10.1. The molecular formula is C18H17ClN2O3. The Kier molecular flexibility index (Phi) is 4.71. The molecule has 6 heteroatoms. The van der Waals surface area contributed by atoms with E-state index in [1.807, 2.05) is 31.2 Å². The van der Waals surface area contributed by atoms with Crippen molar-refractivity contribution in [1.82, 2.24) is 5.32 Å². The molecule has 2 amide bonds. The number of hydrogen-bond donors (Lipinski definition) is 2. The van der Waals surface area contributed by atoms with Crippen LogP contribution in [0, 0.1) is 6.92 Å². The highest BCUT2D eigenvalue weighted by Crippen LogP contribution is 2.28. The number of ether oxygens (including phenoxy) is 1. The number of hydrogen-bond acceptors (Lipinski definition) is 3. The first-order chi connectivity index (χ1) is 11.5. The molecule has 2 aromatic rings. The van der Waals surface area contributed by atoms with Gasteiger partial charge in [0.15, 0.2) is 6.10 Å². The van der Waals surface area contributed by atoms with Crippen LogP contribution < -0.4 is 15.4 Å². The van der Waals surface area contributed by atoms with Crippen LogP contribution in [0.1, 0.15) is 11.1 Å². The van der Waals surface area contributed by atoms with Crippen molar-refractivity contribution in [2.45, 2.75) is 19.4 Å². The van der Waals surface area contributed by atoms with Gasteiger partial charge >= 0.3 is 0 Å². The molecule has 1 atom stereocenters. The predicted molar refractivity (Wildman–Crippen MR) is 92.4 cm³/mol. The van der Waals surface area contributed by atoms with E-state index >= 15 is 0 Å². The number of benzene rings is 2. The van der Waals surface area contributed by atoms with Crippen LogP contribution >= 0.6 is 11.6 Å². The van der Waals surface area contributed by atoms with Crippen molar-refractivity contribution in [3.8, 4) is 5.75 Å². The molecule has 5 nitrogen and oxygen atoms in total. The second-order valence-electron chi connectivity index (χ2n) is 5.60. The van der Waals surface area contributed by atoms with Gasteiger partial charge in [-0.3, -0.25) is 9.59 Å². The normalized spacial score (nSPS) is 15.3. The highest BCUT2D eigenvalue weighted by Gasteiger charge is 2.28. The number of anilines is 1. The van der Waals surface area contributed by atoms with Crippen molar-refractivity contribution in [2.75, 3.05) is 11.9 Å². The summed E-state index contributed by atoms with van der Waals surface area (Å²) in [5.74, 6) is 0.102. The first-order valence-electron chi connectivity index (χ1n) is 7.62. The van der Waals surface area contributed by atoms with E-state index in [9.17, 15) is 9.59 Å². The van der Waals surface area contributed by atoms with Crippen LogP contribution in [0.4, 0.5) is 5.69 Å². The zero-order chi connectivity index (χ0) is 17.1. The van der Waals surface area contributed by atoms with E-state index in [-0.39, 0.29) is 18.4 Å². The van der Waals surface area contributed by atoms with Crippen LogP contribution in [-0.2, 0) is 16.0 Å². The van der Waals surface area contributed by atoms with E-state index in [1.54, 1.807) is 18.2 Å². The predicted octanol–water partition coefficient (Wildman–Crippen LogP) is 2.71. The molecule has 0 radical (unpaired) electrons. The lowest BCUT2D eigenvalue weighted by molar-refractivity contribution is -0.129. The Morgan fingerprint density at radius 3 is 2.79 bits per heavy atom. The van der Waals surface area contributed by atoms with Gasteiger partial charge in [0.2, 0.25) is 5.91 Å². The number of rotatable bonds is 4. The Balaban J connectivity index is 1.52. The van der Waals surface area contributed by atoms with Crippen molar-refractivity contribution in [2.24, 2.45) is 0 Å². The number of amides is 2. The SMILES string of the molecule is Cc1c(Cl)cccc1NC(=O)CNC(=O)C1Cc2ccccc2O1. The molecule has 0 aliphatic carbocycles. The highest BCUT2D eigenvalue weighted by molar-refractivity contribution is 6.31. The second-order valence-corrected chi connectivity index (χ2v) is 6.00. The summed E-state index contributed by atoms with van der Waals surface area (Å²) in [6.45, 7) is 1.70. The summed E-state index contributed by atoms with van der Waals surface area (Å²) in [4.78, 5) is 24.2. The molecule has 1 aliphatic rings. The number of halogens is 1. The fourth-order valence-electron chi connectivity index (χ4n) is 2.55. The Morgan fingerprint density at radius 1 is 1.21 bits per heavy atom. The zero-order valence-electron chi connectivity index (χ0n) is 13.1. The fraction of sp³-hybridized carbons (Fsp3) is 0.222. The van der Waals surface area contributed by atoms with Crippen LogP contribution in [0.2, 0.25) is 5.02 Å². The molecule has 1 heterocycles. The van der Waals surface area contributed by atoms with Gasteiger partial charge in [0.05, 0.1) is 6.54 Å². The summed E-state index contributed by atoms with van der Waals surface area (Å²) in [5, 5.41) is 5.92. The highest BCUT2D eigenvalue weighted by atomic mass is 35.5. The van der Waals surface area contributed by atoms with Crippen LogP contribution in [0.25, 0.3) is 0 Å². The molecule has 0 aromatic heterocycles. The van der Waals surface area contributed by atoms with Gasteiger partial charge in [0.1, 0.15) is 5.75 Å². The average Bonchev–Trinajstić information content (AvgIpc) is 3.01. The van der Waals surface area contributed by atoms with E-state index < -0.39 is 6.10 Å². The minimum Gasteiger partial charge on any atom is -0.480 e. The van der Waals surface area contributed by atoms with E-state index in [2.05, 4.69) is 10.6 Å². The number of carbonyl (C=O) groups is 2. The monoisotopic (exact) mass is 344 g/mol. The van der Waals surface area contributed by atoms with Crippen LogP contribution in [0.5, 0.6) is 5.75 Å². The third-order valence-corrected chi connectivity index (χ3v) is 4.31. The maximum Gasteiger partial charge on any atom is 0.261 e. The maximum atomic E-state index is 12.2. The minimum absolute atomic E-state index is 0.124. The summed E-state index contributed by atoms with van der Waals surface area (Å²) in [7, 11) is 0.